The van der Waals surface area contributed by atoms with Crippen molar-refractivity contribution in [3.8, 4) is 0 Å². The van der Waals surface area contributed by atoms with E-state index in [-0.39, 0.29) is 29.5 Å². The molecular weight excluding hydrogens is 599 g/mol. The first-order valence-corrected chi connectivity index (χ1v) is 14.2. The number of ether oxygens (including phenoxy) is 3. The fourth-order valence-electron chi connectivity index (χ4n) is 5.51. The standard InChI is InChI=1S/C21H25N10O11P/c22-14-8-15(25-4-24-14)30(5-26-8)19-12-13(34)21(41-19,2-38-12)3-39-43(36,37)42-11-10(33)7(1-32)40-18(11)31-6-27-9-16(31)28-20(23)29-17(9)35/h4-7,10-13,18-19,32-34H,1-3H2,(H,36,37)(H2,22,24,25)(H3,23,28,29,35)/t7-,10+,11+,12+,13-,18-,19-,21-/m1/s1. The maximum Gasteiger partial charge on any atom is 0.472 e. The summed E-state index contributed by atoms with van der Waals surface area (Å²) in [4.78, 5) is 45.4. The minimum Gasteiger partial charge on any atom is -0.394 e. The van der Waals surface area contributed by atoms with Gasteiger partial charge in [-0.05, 0) is 0 Å². The van der Waals surface area contributed by atoms with Crippen molar-refractivity contribution in [3.05, 3.63) is 29.3 Å². The molecule has 1 unspecified atom stereocenters. The van der Waals surface area contributed by atoms with Crippen LogP contribution in [-0.2, 0) is 27.8 Å². The number of rotatable bonds is 8. The summed E-state index contributed by atoms with van der Waals surface area (Å²) in [5.74, 6) is -0.103. The number of hydrogen-bond acceptors (Lipinski definition) is 17. The topological polar surface area (TPSA) is 303 Å². The number of aromatic amines is 1. The molecule has 2 bridgehead atoms. The minimum atomic E-state index is -5.05. The van der Waals surface area contributed by atoms with Crippen molar-refractivity contribution in [1.82, 2.24) is 39.0 Å². The number of fused-ring (bicyclic) bond motifs is 4. The van der Waals surface area contributed by atoms with E-state index in [2.05, 4.69) is 29.9 Å². The Morgan fingerprint density at radius 3 is 2.63 bits per heavy atom. The third-order valence-corrected chi connectivity index (χ3v) is 8.58. The number of aliphatic hydroxyl groups excluding tert-OH is 3. The lowest BCUT2D eigenvalue weighted by Gasteiger charge is -2.31. The molecule has 0 aliphatic carbocycles. The molecule has 7 rings (SSSR count). The van der Waals surface area contributed by atoms with Crippen LogP contribution in [-0.4, -0.2) is 115 Å². The van der Waals surface area contributed by atoms with Crippen molar-refractivity contribution in [2.45, 2.75) is 48.6 Å². The molecule has 3 aliphatic rings. The van der Waals surface area contributed by atoms with E-state index in [0.717, 1.165) is 6.33 Å². The molecule has 4 aromatic heterocycles. The normalized spacial score (nSPS) is 33.5. The van der Waals surface area contributed by atoms with Gasteiger partial charge in [0.15, 0.2) is 35.1 Å². The van der Waals surface area contributed by atoms with Crippen LogP contribution in [0.5, 0.6) is 0 Å². The number of H-pyrrole nitrogens is 1. The molecule has 3 fully saturated rings. The lowest BCUT2D eigenvalue weighted by Crippen LogP contribution is -2.45. The summed E-state index contributed by atoms with van der Waals surface area (Å²) in [5, 5.41) is 31.5. The van der Waals surface area contributed by atoms with Crippen LogP contribution in [0.2, 0.25) is 0 Å². The molecule has 22 heteroatoms. The predicted octanol–water partition coefficient (Wildman–Crippen LogP) is -3.10. The zero-order valence-corrected chi connectivity index (χ0v) is 22.7. The van der Waals surface area contributed by atoms with Crippen LogP contribution in [0.1, 0.15) is 12.5 Å². The highest BCUT2D eigenvalue weighted by molar-refractivity contribution is 7.47. The second kappa shape index (κ2) is 9.95. The summed E-state index contributed by atoms with van der Waals surface area (Å²) in [6.45, 7) is -1.54. The Hall–Kier alpha value is -3.63. The Morgan fingerprint density at radius 1 is 1.12 bits per heavy atom. The monoisotopic (exact) mass is 624 g/mol. The molecule has 7 heterocycles. The quantitative estimate of drug-likeness (QED) is 0.0955. The molecule has 0 amide bonds. The number of aromatic nitrogens is 8. The molecule has 230 valence electrons. The Bertz CT molecular complexity index is 1820. The highest BCUT2D eigenvalue weighted by Crippen LogP contribution is 2.53. The van der Waals surface area contributed by atoms with Gasteiger partial charge in [0.1, 0.15) is 48.0 Å². The van der Waals surface area contributed by atoms with Gasteiger partial charge in [0.25, 0.3) is 5.56 Å². The number of aliphatic hydroxyl groups is 3. The molecule has 4 aromatic rings. The minimum absolute atomic E-state index is 0.0695. The average molecular weight is 624 g/mol. The highest BCUT2D eigenvalue weighted by atomic mass is 31.2. The molecule has 0 spiro atoms. The highest BCUT2D eigenvalue weighted by Gasteiger charge is 2.63. The van der Waals surface area contributed by atoms with Gasteiger partial charge in [0, 0.05) is 0 Å². The SMILES string of the molecule is Nc1nc2c(ncn2[C@@H]2O[C@H](CO)[C@H](O)[C@@H]2OP(=O)(O)OC[C@@]23CO[C@H]([C@H](n4cnc5c(N)ncnc54)O2)[C@H]3O)c(=O)[nH]1. The van der Waals surface area contributed by atoms with Gasteiger partial charge in [-0.15, -0.1) is 0 Å². The van der Waals surface area contributed by atoms with Crippen LogP contribution >= 0.6 is 7.82 Å². The second-order valence-corrected chi connectivity index (χ2v) is 11.6. The maximum absolute atomic E-state index is 13.2. The number of anilines is 2. The van der Waals surface area contributed by atoms with Crippen LogP contribution in [0.4, 0.5) is 11.8 Å². The van der Waals surface area contributed by atoms with E-state index in [0.29, 0.717) is 11.2 Å². The van der Waals surface area contributed by atoms with Crippen LogP contribution in [0, 0.1) is 0 Å². The summed E-state index contributed by atoms with van der Waals surface area (Å²) in [7, 11) is -5.05. The van der Waals surface area contributed by atoms with Crippen molar-refractivity contribution in [3.63, 3.8) is 0 Å². The van der Waals surface area contributed by atoms with Gasteiger partial charge in [0.2, 0.25) is 5.95 Å². The average Bonchev–Trinajstić information content (AvgIpc) is 3.77. The van der Waals surface area contributed by atoms with Crippen LogP contribution in [0.3, 0.4) is 0 Å². The first-order valence-electron chi connectivity index (χ1n) is 12.7. The fourth-order valence-corrected chi connectivity index (χ4v) is 6.49. The third kappa shape index (κ3) is 4.40. The Balaban J connectivity index is 1.11. The summed E-state index contributed by atoms with van der Waals surface area (Å²) in [6, 6.07) is 0. The first-order chi connectivity index (χ1) is 20.5. The molecule has 0 saturated carbocycles. The van der Waals surface area contributed by atoms with Gasteiger partial charge in [0.05, 0.1) is 32.5 Å². The number of nitrogens with two attached hydrogens (primary N) is 2. The van der Waals surface area contributed by atoms with E-state index >= 15 is 0 Å². The van der Waals surface area contributed by atoms with E-state index in [1.54, 1.807) is 0 Å². The van der Waals surface area contributed by atoms with Crippen molar-refractivity contribution in [2.75, 3.05) is 31.3 Å². The lowest BCUT2D eigenvalue weighted by molar-refractivity contribution is -0.184. The van der Waals surface area contributed by atoms with Gasteiger partial charge in [-0.1, -0.05) is 0 Å². The molecule has 0 aromatic carbocycles. The van der Waals surface area contributed by atoms with Gasteiger partial charge in [-0.25, -0.2) is 24.5 Å². The predicted molar refractivity (Wildman–Crippen MR) is 139 cm³/mol. The number of phosphoric ester groups is 1. The van der Waals surface area contributed by atoms with Crippen LogP contribution < -0.4 is 17.0 Å². The van der Waals surface area contributed by atoms with E-state index in [4.69, 9.17) is 34.7 Å². The van der Waals surface area contributed by atoms with Gasteiger partial charge >= 0.3 is 7.82 Å². The maximum atomic E-state index is 13.2. The van der Waals surface area contributed by atoms with Gasteiger partial charge in [-0.2, -0.15) is 4.98 Å². The third-order valence-electron chi connectivity index (χ3n) is 7.61. The number of nitrogens with zero attached hydrogens (tertiary/aromatic N) is 7. The zero-order chi connectivity index (χ0) is 30.3. The number of hydrogen-bond donors (Lipinski definition) is 7. The molecule has 21 nitrogen and oxygen atoms in total. The summed E-state index contributed by atoms with van der Waals surface area (Å²) >= 11 is 0. The van der Waals surface area contributed by atoms with Crippen molar-refractivity contribution >= 4 is 41.9 Å². The summed E-state index contributed by atoms with van der Waals surface area (Å²) in [5.41, 5.74) is 9.69. The first kappa shape index (κ1) is 28.2. The number of phosphoric acid groups is 1. The fraction of sp³-hybridized carbons (Fsp3) is 0.524. The molecular formula is C21H25N10O11P. The largest absolute Gasteiger partial charge is 0.472 e. The number of nitrogens with one attached hydrogen (secondary N) is 1. The number of imidazole rings is 2. The molecule has 43 heavy (non-hydrogen) atoms. The van der Waals surface area contributed by atoms with E-state index in [9.17, 15) is 29.6 Å². The van der Waals surface area contributed by atoms with Crippen LogP contribution in [0.25, 0.3) is 22.3 Å². The lowest BCUT2D eigenvalue weighted by atomic mass is 10.0. The molecule has 9 N–H and O–H groups in total. The Kier molecular flexibility index (Phi) is 6.52. The van der Waals surface area contributed by atoms with E-state index < -0.39 is 75.2 Å². The summed E-state index contributed by atoms with van der Waals surface area (Å²) in [6.07, 6.45) is -5.28. The number of nitrogen functional groups attached to an aromatic ring is 2. The zero-order valence-electron chi connectivity index (χ0n) is 21.8. The molecule has 3 aliphatic heterocycles. The smallest absolute Gasteiger partial charge is 0.394 e. The molecule has 9 atom stereocenters. The van der Waals surface area contributed by atoms with E-state index in [1.165, 1.54) is 21.8 Å². The molecule has 0 radical (unpaired) electrons. The second-order valence-electron chi connectivity index (χ2n) is 10.2. The Labute approximate surface area is 238 Å². The van der Waals surface area contributed by atoms with Gasteiger partial charge < -0.3 is 45.9 Å². The van der Waals surface area contributed by atoms with Crippen molar-refractivity contribution in [2.24, 2.45) is 0 Å². The summed E-state index contributed by atoms with van der Waals surface area (Å²) < 4.78 is 43.9. The van der Waals surface area contributed by atoms with Crippen LogP contribution in [0.15, 0.2) is 23.8 Å². The molecule has 3 saturated heterocycles. The van der Waals surface area contributed by atoms with Gasteiger partial charge in [-0.3, -0.25) is 28.0 Å². The van der Waals surface area contributed by atoms with Crippen molar-refractivity contribution in [1.29, 1.82) is 0 Å². The van der Waals surface area contributed by atoms with Crippen molar-refractivity contribution < 1.29 is 48.0 Å². The Morgan fingerprint density at radius 2 is 1.86 bits per heavy atom. The van der Waals surface area contributed by atoms with E-state index in [1.807, 2.05) is 0 Å².